The van der Waals surface area contributed by atoms with Crippen molar-refractivity contribution in [2.75, 3.05) is 32.1 Å². The molecule has 2 fully saturated rings. The van der Waals surface area contributed by atoms with Crippen molar-refractivity contribution in [1.29, 1.82) is 0 Å². The van der Waals surface area contributed by atoms with Gasteiger partial charge in [0.2, 0.25) is 5.88 Å². The molecule has 8 heteroatoms. The van der Waals surface area contributed by atoms with Crippen molar-refractivity contribution in [3.05, 3.63) is 41.5 Å². The van der Waals surface area contributed by atoms with Gasteiger partial charge in [0.15, 0.2) is 0 Å². The number of aryl methyl sites for hydroxylation is 1. The fourth-order valence-corrected chi connectivity index (χ4v) is 4.02. The molecule has 4 rings (SSSR count). The summed E-state index contributed by atoms with van der Waals surface area (Å²) in [6.07, 6.45) is 3.07. The molecule has 2 heterocycles. The Bertz CT molecular complexity index is 938. The van der Waals surface area contributed by atoms with E-state index in [1.165, 1.54) is 19.5 Å². The Balaban J connectivity index is 1.41. The standard InChI is InChI=1S/C21H25FN4O3/c1-13-4-5-17(16(22)8-13)25-18-14(2)19(24-12-23-18)29-11-21-6-7-26(20(27)28-3)10-15(21)9-21/h4-5,8,12,15H,6-7,9-11H2,1-3H3,(H,23,24,25). The first-order valence-corrected chi connectivity index (χ1v) is 9.72. The van der Waals surface area contributed by atoms with Crippen LogP contribution >= 0.6 is 0 Å². The van der Waals surface area contributed by atoms with E-state index in [1.807, 2.05) is 19.9 Å². The number of carbonyl (C=O) groups excluding carboxylic acids is 1. The molecule has 1 N–H and O–H groups in total. The van der Waals surface area contributed by atoms with Crippen molar-refractivity contribution in [2.45, 2.75) is 26.7 Å². The number of carbonyl (C=O) groups is 1. The summed E-state index contributed by atoms with van der Waals surface area (Å²) in [5, 5.41) is 3.03. The first-order chi connectivity index (χ1) is 13.9. The highest BCUT2D eigenvalue weighted by molar-refractivity contribution is 5.67. The van der Waals surface area contributed by atoms with E-state index in [0.717, 1.165) is 24.0 Å². The number of rotatable bonds is 5. The molecule has 1 aliphatic heterocycles. The number of fused-ring (bicyclic) bond motifs is 1. The summed E-state index contributed by atoms with van der Waals surface area (Å²) in [5.41, 5.74) is 2.04. The quantitative estimate of drug-likeness (QED) is 0.822. The van der Waals surface area contributed by atoms with Gasteiger partial charge in [-0.15, -0.1) is 0 Å². The molecule has 2 aliphatic rings. The summed E-state index contributed by atoms with van der Waals surface area (Å²) >= 11 is 0. The fraction of sp³-hybridized carbons (Fsp3) is 0.476. The molecule has 1 amide bonds. The summed E-state index contributed by atoms with van der Waals surface area (Å²) in [4.78, 5) is 22.0. The van der Waals surface area contributed by atoms with E-state index in [4.69, 9.17) is 9.47 Å². The number of benzene rings is 1. The molecule has 1 aromatic carbocycles. The highest BCUT2D eigenvalue weighted by atomic mass is 19.1. The Labute approximate surface area is 169 Å². The number of nitrogens with zero attached hydrogens (tertiary/aromatic N) is 3. The summed E-state index contributed by atoms with van der Waals surface area (Å²) in [6, 6.07) is 5.01. The highest BCUT2D eigenvalue weighted by Gasteiger charge is 2.58. The van der Waals surface area contributed by atoms with Crippen LogP contribution in [0.25, 0.3) is 0 Å². The van der Waals surface area contributed by atoms with Gasteiger partial charge in [0.1, 0.15) is 18.0 Å². The predicted molar refractivity (Wildman–Crippen MR) is 106 cm³/mol. The molecule has 29 heavy (non-hydrogen) atoms. The second kappa shape index (κ2) is 7.50. The second-order valence-corrected chi connectivity index (χ2v) is 7.98. The Morgan fingerprint density at radius 2 is 2.21 bits per heavy atom. The number of piperidine rings is 1. The average molecular weight is 400 g/mol. The molecular formula is C21H25FN4O3. The molecule has 2 unspecified atom stereocenters. The van der Waals surface area contributed by atoms with E-state index in [0.29, 0.717) is 43.0 Å². The van der Waals surface area contributed by atoms with E-state index in [9.17, 15) is 9.18 Å². The zero-order valence-electron chi connectivity index (χ0n) is 16.9. The van der Waals surface area contributed by atoms with Gasteiger partial charge in [0.25, 0.3) is 0 Å². The van der Waals surface area contributed by atoms with Crippen LogP contribution in [0.5, 0.6) is 5.88 Å². The van der Waals surface area contributed by atoms with Crippen molar-refractivity contribution >= 4 is 17.6 Å². The van der Waals surface area contributed by atoms with Gasteiger partial charge in [-0.25, -0.2) is 19.2 Å². The number of hydrogen-bond donors (Lipinski definition) is 1. The number of anilines is 2. The van der Waals surface area contributed by atoms with Crippen molar-refractivity contribution < 1.29 is 18.7 Å². The number of nitrogens with one attached hydrogen (secondary N) is 1. The summed E-state index contributed by atoms with van der Waals surface area (Å²) < 4.78 is 25.0. The van der Waals surface area contributed by atoms with Crippen LogP contribution in [0.2, 0.25) is 0 Å². The lowest BCUT2D eigenvalue weighted by Crippen LogP contribution is -2.40. The van der Waals surface area contributed by atoms with Crippen LogP contribution in [-0.4, -0.2) is 47.8 Å². The zero-order chi connectivity index (χ0) is 20.6. The van der Waals surface area contributed by atoms with E-state index in [1.54, 1.807) is 11.0 Å². The Kier molecular flexibility index (Phi) is 5.02. The largest absolute Gasteiger partial charge is 0.477 e. The lowest BCUT2D eigenvalue weighted by atomic mass is 9.96. The number of halogens is 1. The number of ether oxygens (including phenoxy) is 2. The maximum absolute atomic E-state index is 14.2. The number of hydrogen-bond acceptors (Lipinski definition) is 6. The lowest BCUT2D eigenvalue weighted by molar-refractivity contribution is 0.0922. The van der Waals surface area contributed by atoms with Crippen molar-refractivity contribution in [3.63, 3.8) is 0 Å². The molecule has 0 spiro atoms. The highest BCUT2D eigenvalue weighted by Crippen LogP contribution is 2.58. The van der Waals surface area contributed by atoms with Gasteiger partial charge in [-0.3, -0.25) is 0 Å². The molecule has 1 aliphatic carbocycles. The number of likely N-dealkylation sites (tertiary alicyclic amines) is 1. The Morgan fingerprint density at radius 1 is 1.38 bits per heavy atom. The summed E-state index contributed by atoms with van der Waals surface area (Å²) in [7, 11) is 1.41. The van der Waals surface area contributed by atoms with Crippen LogP contribution in [0.15, 0.2) is 24.5 Å². The van der Waals surface area contributed by atoms with Gasteiger partial charge >= 0.3 is 6.09 Å². The van der Waals surface area contributed by atoms with E-state index < -0.39 is 0 Å². The minimum Gasteiger partial charge on any atom is -0.477 e. The third kappa shape index (κ3) is 3.83. The van der Waals surface area contributed by atoms with Gasteiger partial charge in [0, 0.05) is 18.5 Å². The van der Waals surface area contributed by atoms with Gasteiger partial charge in [-0.05, 0) is 50.3 Å². The molecule has 1 saturated heterocycles. The fourth-order valence-electron chi connectivity index (χ4n) is 4.02. The SMILES string of the molecule is COC(=O)N1CCC2(COc3ncnc(Nc4ccc(C)cc4F)c3C)CC2C1. The second-order valence-electron chi connectivity index (χ2n) is 7.98. The molecule has 2 aromatic rings. The van der Waals surface area contributed by atoms with Crippen LogP contribution in [0.3, 0.4) is 0 Å². The Hall–Kier alpha value is -2.90. The zero-order valence-corrected chi connectivity index (χ0v) is 16.9. The van der Waals surface area contributed by atoms with E-state index >= 15 is 0 Å². The maximum atomic E-state index is 14.2. The predicted octanol–water partition coefficient (Wildman–Crippen LogP) is 3.83. The minimum atomic E-state index is -0.331. The van der Waals surface area contributed by atoms with Crippen molar-refractivity contribution in [1.82, 2.24) is 14.9 Å². The molecule has 0 radical (unpaired) electrons. The van der Waals surface area contributed by atoms with Gasteiger partial charge in [-0.1, -0.05) is 6.07 Å². The van der Waals surface area contributed by atoms with Crippen LogP contribution in [-0.2, 0) is 4.74 Å². The van der Waals surface area contributed by atoms with Crippen molar-refractivity contribution in [2.24, 2.45) is 11.3 Å². The Morgan fingerprint density at radius 3 is 2.93 bits per heavy atom. The monoisotopic (exact) mass is 400 g/mol. The maximum Gasteiger partial charge on any atom is 0.409 e. The van der Waals surface area contributed by atoms with Crippen LogP contribution in [0.1, 0.15) is 24.0 Å². The first-order valence-electron chi connectivity index (χ1n) is 9.72. The summed E-state index contributed by atoms with van der Waals surface area (Å²) in [6.45, 7) is 5.62. The molecule has 7 nitrogen and oxygen atoms in total. The molecule has 0 bridgehead atoms. The van der Waals surface area contributed by atoms with Crippen molar-refractivity contribution in [3.8, 4) is 5.88 Å². The first kappa shape index (κ1) is 19.4. The van der Waals surface area contributed by atoms with E-state index in [2.05, 4.69) is 15.3 Å². The lowest BCUT2D eigenvalue weighted by Gasteiger charge is -2.30. The van der Waals surface area contributed by atoms with Crippen LogP contribution in [0.4, 0.5) is 20.7 Å². The number of amides is 1. The van der Waals surface area contributed by atoms with E-state index in [-0.39, 0.29) is 17.3 Å². The summed E-state index contributed by atoms with van der Waals surface area (Å²) in [5.74, 6) is 1.10. The van der Waals surface area contributed by atoms with Gasteiger partial charge < -0.3 is 19.7 Å². The van der Waals surface area contributed by atoms with Crippen LogP contribution in [0, 0.1) is 31.0 Å². The minimum absolute atomic E-state index is 0.0958. The molecule has 154 valence electrons. The third-order valence-electron chi connectivity index (χ3n) is 6.02. The smallest absolute Gasteiger partial charge is 0.409 e. The molecule has 1 saturated carbocycles. The molecule has 1 aromatic heterocycles. The normalized spacial score (nSPS) is 22.6. The number of methoxy groups -OCH3 is 1. The molecule has 2 atom stereocenters. The van der Waals surface area contributed by atoms with Crippen LogP contribution < -0.4 is 10.1 Å². The third-order valence-corrected chi connectivity index (χ3v) is 6.02. The van der Waals surface area contributed by atoms with Gasteiger partial charge in [0.05, 0.1) is 25.0 Å². The van der Waals surface area contributed by atoms with Gasteiger partial charge in [-0.2, -0.15) is 0 Å². The number of aromatic nitrogens is 2. The average Bonchev–Trinajstić information content (AvgIpc) is 3.43. The topological polar surface area (TPSA) is 76.6 Å². The molecular weight excluding hydrogens is 375 g/mol.